The largest absolute Gasteiger partial charge is 0.345 e. The molecule has 0 unspecified atom stereocenters. The molecule has 3 rings (SSSR count). The lowest BCUT2D eigenvalue weighted by Gasteiger charge is -2.19. The van der Waals surface area contributed by atoms with E-state index in [1.165, 1.54) is 11.6 Å². The van der Waals surface area contributed by atoms with Crippen LogP contribution in [0.15, 0.2) is 15.7 Å². The number of carbonyl (C=O) groups is 1. The molecule has 3 aromatic heterocycles. The van der Waals surface area contributed by atoms with Crippen molar-refractivity contribution >= 4 is 16.9 Å². The summed E-state index contributed by atoms with van der Waals surface area (Å²) in [6.45, 7) is 10.6. The van der Waals surface area contributed by atoms with Crippen molar-refractivity contribution < 1.29 is 4.79 Å². The Morgan fingerprint density at radius 2 is 1.93 bits per heavy atom. The van der Waals surface area contributed by atoms with Gasteiger partial charge in [-0.05, 0) is 39.7 Å². The quantitative estimate of drug-likeness (QED) is 0.642. The summed E-state index contributed by atoms with van der Waals surface area (Å²) in [6.07, 6.45) is 1.23. The lowest BCUT2D eigenvalue weighted by molar-refractivity contribution is 0.0937. The van der Waals surface area contributed by atoms with Crippen molar-refractivity contribution in [1.82, 2.24) is 29.6 Å². The van der Waals surface area contributed by atoms with Gasteiger partial charge in [-0.3, -0.25) is 23.8 Å². The predicted octanol–water partition coefficient (Wildman–Crippen LogP) is 1.90. The first kappa shape index (κ1) is 21.5. The van der Waals surface area contributed by atoms with Crippen molar-refractivity contribution in [3.05, 3.63) is 55.1 Å². The fourth-order valence-corrected chi connectivity index (χ4v) is 3.89. The molecular weight excluding hydrogens is 384 g/mol. The first-order valence-corrected chi connectivity index (χ1v) is 10.2. The third-order valence-corrected chi connectivity index (χ3v) is 5.53. The molecule has 1 atom stereocenters. The number of fused-ring (bicyclic) bond motifs is 1. The Morgan fingerprint density at radius 1 is 1.23 bits per heavy atom. The Morgan fingerprint density at radius 3 is 2.50 bits per heavy atom. The van der Waals surface area contributed by atoms with E-state index in [1.807, 2.05) is 39.3 Å². The number of amides is 1. The molecule has 0 saturated carbocycles. The topological polar surface area (TPSA) is 115 Å². The van der Waals surface area contributed by atoms with Crippen LogP contribution in [-0.2, 0) is 20.0 Å². The number of H-pyrrole nitrogens is 1. The number of nitrogens with one attached hydrogen (secondary N) is 2. The van der Waals surface area contributed by atoms with E-state index in [4.69, 9.17) is 0 Å². The van der Waals surface area contributed by atoms with Crippen molar-refractivity contribution in [2.24, 2.45) is 7.05 Å². The highest BCUT2D eigenvalue weighted by molar-refractivity contribution is 6.05. The van der Waals surface area contributed by atoms with Gasteiger partial charge in [-0.25, -0.2) is 9.78 Å². The van der Waals surface area contributed by atoms with Crippen molar-refractivity contribution in [2.45, 2.75) is 60.0 Å². The number of hydrogen-bond acceptors (Lipinski definition) is 5. The normalized spacial score (nSPS) is 12.3. The number of carbonyl (C=O) groups excluding carboxylic acids is 1. The molecule has 30 heavy (non-hydrogen) atoms. The van der Waals surface area contributed by atoms with Gasteiger partial charge in [0, 0.05) is 30.5 Å². The van der Waals surface area contributed by atoms with Crippen molar-refractivity contribution in [2.75, 3.05) is 0 Å². The van der Waals surface area contributed by atoms with Crippen LogP contribution in [0.2, 0.25) is 0 Å². The summed E-state index contributed by atoms with van der Waals surface area (Å²) in [6, 6.07) is 1.37. The molecule has 0 radical (unpaired) electrons. The number of rotatable bonds is 6. The number of nitrogens with zero attached hydrogens (tertiary/aromatic N) is 4. The van der Waals surface area contributed by atoms with Crippen LogP contribution in [0.25, 0.3) is 11.0 Å². The summed E-state index contributed by atoms with van der Waals surface area (Å²) >= 11 is 0. The van der Waals surface area contributed by atoms with E-state index in [0.717, 1.165) is 23.5 Å². The molecule has 9 heteroatoms. The molecule has 160 valence electrons. The summed E-state index contributed by atoms with van der Waals surface area (Å²) in [7, 11) is 1.52. The molecule has 3 aromatic rings. The average molecular weight is 412 g/mol. The van der Waals surface area contributed by atoms with Crippen LogP contribution in [0.3, 0.4) is 0 Å². The van der Waals surface area contributed by atoms with E-state index in [9.17, 15) is 14.4 Å². The summed E-state index contributed by atoms with van der Waals surface area (Å²) in [5.74, 6) is -0.379. The second-order valence-corrected chi connectivity index (χ2v) is 7.37. The first-order valence-electron chi connectivity index (χ1n) is 10.2. The SMILES string of the molecule is CCc1cc(C(=O)N[C@H](CC)c2c(C)nn(CC)c2C)c2c(=O)[nH]c(=O)n(C)c2n1. The Hall–Kier alpha value is -3.23. The van der Waals surface area contributed by atoms with E-state index in [2.05, 4.69) is 20.4 Å². The molecule has 0 bridgehead atoms. The molecule has 0 aliphatic carbocycles. The molecule has 0 spiro atoms. The predicted molar refractivity (Wildman–Crippen MR) is 115 cm³/mol. The fourth-order valence-electron chi connectivity index (χ4n) is 3.89. The number of hydrogen-bond donors (Lipinski definition) is 2. The molecule has 0 fully saturated rings. The van der Waals surface area contributed by atoms with Gasteiger partial charge in [0.1, 0.15) is 5.65 Å². The van der Waals surface area contributed by atoms with E-state index in [-0.39, 0.29) is 28.5 Å². The molecule has 1 amide bonds. The summed E-state index contributed by atoms with van der Waals surface area (Å²) < 4.78 is 3.17. The number of aromatic amines is 1. The highest BCUT2D eigenvalue weighted by atomic mass is 16.2. The lowest BCUT2D eigenvalue weighted by atomic mass is 10.0. The zero-order valence-electron chi connectivity index (χ0n) is 18.3. The average Bonchev–Trinajstić information content (AvgIpc) is 3.02. The molecule has 0 aliphatic heterocycles. The lowest BCUT2D eigenvalue weighted by Crippen LogP contribution is -2.33. The molecule has 9 nitrogen and oxygen atoms in total. The van der Waals surface area contributed by atoms with E-state index in [1.54, 1.807) is 6.07 Å². The smallest absolute Gasteiger partial charge is 0.329 e. The van der Waals surface area contributed by atoms with Crippen molar-refractivity contribution in [3.8, 4) is 0 Å². The summed E-state index contributed by atoms with van der Waals surface area (Å²) in [5.41, 5.74) is 2.73. The maximum atomic E-state index is 13.3. The first-order chi connectivity index (χ1) is 14.2. The molecule has 0 saturated heterocycles. The summed E-state index contributed by atoms with van der Waals surface area (Å²) in [4.78, 5) is 44.5. The van der Waals surface area contributed by atoms with Gasteiger partial charge in [-0.1, -0.05) is 13.8 Å². The van der Waals surface area contributed by atoms with Gasteiger partial charge < -0.3 is 5.32 Å². The van der Waals surface area contributed by atoms with Crippen LogP contribution in [0.1, 0.15) is 66.2 Å². The van der Waals surface area contributed by atoms with Crippen LogP contribution >= 0.6 is 0 Å². The van der Waals surface area contributed by atoms with Gasteiger partial charge in [0.05, 0.1) is 22.7 Å². The molecular formula is C21H28N6O3. The van der Waals surface area contributed by atoms with Crippen LogP contribution in [0.5, 0.6) is 0 Å². The van der Waals surface area contributed by atoms with Crippen molar-refractivity contribution in [3.63, 3.8) is 0 Å². The Balaban J connectivity index is 2.13. The van der Waals surface area contributed by atoms with E-state index < -0.39 is 11.2 Å². The minimum absolute atomic E-state index is 0.111. The third kappa shape index (κ3) is 3.55. The minimum atomic E-state index is -0.618. The molecule has 3 heterocycles. The Bertz CT molecular complexity index is 1230. The number of aryl methyl sites for hydroxylation is 4. The molecule has 0 aliphatic rings. The van der Waals surface area contributed by atoms with Gasteiger partial charge in [-0.15, -0.1) is 0 Å². The Kier molecular flexibility index (Phi) is 5.91. The fraction of sp³-hybridized carbons (Fsp3) is 0.476. The minimum Gasteiger partial charge on any atom is -0.345 e. The van der Waals surface area contributed by atoms with Gasteiger partial charge in [0.25, 0.3) is 11.5 Å². The van der Waals surface area contributed by atoms with Crippen molar-refractivity contribution in [1.29, 1.82) is 0 Å². The zero-order valence-corrected chi connectivity index (χ0v) is 18.3. The highest BCUT2D eigenvalue weighted by Gasteiger charge is 2.24. The van der Waals surface area contributed by atoms with Crippen LogP contribution in [0, 0.1) is 13.8 Å². The zero-order chi connectivity index (χ0) is 22.2. The second kappa shape index (κ2) is 8.25. The van der Waals surface area contributed by atoms with Gasteiger partial charge in [0.2, 0.25) is 0 Å². The Labute approximate surface area is 174 Å². The molecule has 2 N–H and O–H groups in total. The molecule has 0 aromatic carbocycles. The maximum absolute atomic E-state index is 13.3. The van der Waals surface area contributed by atoms with Crippen LogP contribution in [0.4, 0.5) is 0 Å². The monoisotopic (exact) mass is 412 g/mol. The van der Waals surface area contributed by atoms with Gasteiger partial charge in [-0.2, -0.15) is 5.10 Å². The van der Waals surface area contributed by atoms with E-state index in [0.29, 0.717) is 18.5 Å². The second-order valence-electron chi connectivity index (χ2n) is 7.37. The van der Waals surface area contributed by atoms with Gasteiger partial charge in [0.15, 0.2) is 0 Å². The highest BCUT2D eigenvalue weighted by Crippen LogP contribution is 2.25. The third-order valence-electron chi connectivity index (χ3n) is 5.53. The number of aromatic nitrogens is 5. The maximum Gasteiger partial charge on any atom is 0.329 e. The van der Waals surface area contributed by atoms with Gasteiger partial charge >= 0.3 is 5.69 Å². The summed E-state index contributed by atoms with van der Waals surface area (Å²) in [5, 5.41) is 7.73. The number of pyridine rings is 1. The van der Waals surface area contributed by atoms with E-state index >= 15 is 0 Å². The van der Waals surface area contributed by atoms with Crippen LogP contribution in [-0.4, -0.2) is 30.2 Å². The van der Waals surface area contributed by atoms with Crippen LogP contribution < -0.4 is 16.6 Å². The standard InChI is InChI=1S/C21H28N6O3/c1-7-13-10-14(17-18(22-13)26(6)21(30)24-20(17)29)19(28)23-15(8-2)16-11(4)25-27(9-3)12(16)5/h10,15H,7-9H2,1-6H3,(H,23,28)(H,24,29,30)/t15-/m1/s1.